The van der Waals surface area contributed by atoms with E-state index in [0.29, 0.717) is 5.62 Å². The molecule has 0 saturated carbocycles. The highest BCUT2D eigenvalue weighted by atomic mass is 35.5. The molecule has 1 heterocycles. The van der Waals surface area contributed by atoms with E-state index in [0.717, 1.165) is 16.3 Å². The molecule has 0 aliphatic carbocycles. The Kier molecular flexibility index (Phi) is 3.73. The van der Waals surface area contributed by atoms with Gasteiger partial charge in [0.1, 0.15) is 0 Å². The maximum atomic E-state index is 5.81. The summed E-state index contributed by atoms with van der Waals surface area (Å²) in [6.45, 7) is 0. The van der Waals surface area contributed by atoms with Crippen molar-refractivity contribution in [2.24, 2.45) is 4.76 Å². The summed E-state index contributed by atoms with van der Waals surface area (Å²) in [7, 11) is 0. The molecule has 1 aliphatic heterocycles. The lowest BCUT2D eigenvalue weighted by Crippen LogP contribution is -2.03. The predicted molar refractivity (Wildman–Crippen MR) is 75.0 cm³/mol. The van der Waals surface area contributed by atoms with E-state index < -0.39 is 6.19 Å². The first-order valence-corrected chi connectivity index (χ1v) is 9.06. The van der Waals surface area contributed by atoms with Gasteiger partial charge in [0.05, 0.1) is 17.3 Å². The van der Waals surface area contributed by atoms with Crippen molar-refractivity contribution < 1.29 is 0 Å². The third kappa shape index (κ3) is 2.97. The van der Waals surface area contributed by atoms with Gasteiger partial charge in [0, 0.05) is 5.69 Å². The summed E-state index contributed by atoms with van der Waals surface area (Å²) < 4.78 is 4.50. The van der Waals surface area contributed by atoms with Crippen molar-refractivity contribution in [3.63, 3.8) is 0 Å². The summed E-state index contributed by atoms with van der Waals surface area (Å²) in [5.41, 5.74) is 2.41. The Bertz CT molecular complexity index is 421. The fourth-order valence-corrected chi connectivity index (χ4v) is 5.94. The zero-order valence-corrected chi connectivity index (χ0v) is 11.2. The van der Waals surface area contributed by atoms with Crippen LogP contribution in [0, 0.1) is 0 Å². The monoisotopic (exact) mass is 276 g/mol. The minimum atomic E-state index is -1.66. The van der Waals surface area contributed by atoms with Gasteiger partial charge in [0.25, 0.3) is 0 Å². The van der Waals surface area contributed by atoms with E-state index in [1.54, 1.807) is 11.8 Å². The molecule has 1 aromatic rings. The van der Waals surface area contributed by atoms with Crippen LogP contribution < -0.4 is 5.32 Å². The van der Waals surface area contributed by atoms with Gasteiger partial charge in [0.2, 0.25) is 0 Å². The molecule has 1 aliphatic rings. The van der Waals surface area contributed by atoms with Crippen molar-refractivity contribution in [2.45, 2.75) is 0 Å². The first-order valence-electron chi connectivity index (χ1n) is 4.41. The van der Waals surface area contributed by atoms with Crippen LogP contribution in [0.3, 0.4) is 0 Å². The number of para-hydroxylation sites is 1. The fraction of sp³-hybridized carbons (Fsp3) is 0.222. The molecule has 1 aromatic carbocycles. The summed E-state index contributed by atoms with van der Waals surface area (Å²) >= 11 is 12.9. The summed E-state index contributed by atoms with van der Waals surface area (Å²) in [5.74, 6) is 0. The van der Waals surface area contributed by atoms with Crippen LogP contribution in [0.1, 0.15) is 0 Å². The number of nitrogens with zero attached hydrogens (tertiary/aromatic N) is 1. The van der Waals surface area contributed by atoms with Gasteiger partial charge in [0.15, 0.2) is 5.17 Å². The Balaban J connectivity index is 2.09. The van der Waals surface area contributed by atoms with Crippen LogP contribution in [0.4, 0.5) is 5.69 Å². The summed E-state index contributed by atoms with van der Waals surface area (Å²) in [5, 5.41) is 4.15. The molecule has 1 N–H and O–H groups in total. The lowest BCUT2D eigenvalue weighted by atomic mass is 10.3. The van der Waals surface area contributed by atoms with E-state index in [1.807, 2.05) is 30.3 Å². The number of anilines is 1. The molecule has 0 aromatic heterocycles. The van der Waals surface area contributed by atoms with E-state index in [1.165, 1.54) is 0 Å². The highest BCUT2D eigenvalue weighted by Crippen LogP contribution is 2.56. The van der Waals surface area contributed by atoms with Crippen molar-refractivity contribution in [3.05, 3.63) is 30.3 Å². The third-order valence-electron chi connectivity index (χ3n) is 1.89. The molecular weight excluding hydrogens is 267 g/mol. The van der Waals surface area contributed by atoms with Gasteiger partial charge in [-0.05, 0) is 12.1 Å². The molecule has 80 valence electrons. The van der Waals surface area contributed by atoms with Crippen LogP contribution in [0.2, 0.25) is 0 Å². The predicted octanol–water partition coefficient (Wildman–Crippen LogP) is 3.75. The second-order valence-corrected chi connectivity index (χ2v) is 9.73. The van der Waals surface area contributed by atoms with Gasteiger partial charge in [-0.15, -0.1) is 11.6 Å². The molecule has 0 bridgehead atoms. The van der Waals surface area contributed by atoms with Gasteiger partial charge < -0.3 is 5.32 Å². The summed E-state index contributed by atoms with van der Waals surface area (Å²) in [6.07, 6.45) is -1.66. The number of rotatable bonds is 2. The van der Waals surface area contributed by atoms with Crippen LogP contribution in [-0.4, -0.2) is 16.3 Å². The molecule has 0 amide bonds. The van der Waals surface area contributed by atoms with Crippen LogP contribution in [0.5, 0.6) is 0 Å². The number of nitrogens with one attached hydrogen (secondary N) is 1. The quantitative estimate of drug-likeness (QED) is 0.658. The first-order chi connectivity index (χ1) is 7.22. The van der Waals surface area contributed by atoms with Crippen molar-refractivity contribution in [1.82, 2.24) is 0 Å². The molecule has 2 rings (SSSR count). The second-order valence-electron chi connectivity index (χ2n) is 3.14. The Morgan fingerprint density at radius 3 is 2.80 bits per heavy atom. The average molecular weight is 277 g/mol. The van der Waals surface area contributed by atoms with Gasteiger partial charge in [-0.3, -0.25) is 0 Å². The number of amidine groups is 1. The minimum Gasteiger partial charge on any atom is -0.335 e. The summed E-state index contributed by atoms with van der Waals surface area (Å²) in [4.78, 5) is 0. The number of hydrogen-bond acceptors (Lipinski definition) is 3. The Morgan fingerprint density at radius 1 is 1.47 bits per heavy atom. The molecule has 0 saturated heterocycles. The molecule has 2 nitrogen and oxygen atoms in total. The van der Waals surface area contributed by atoms with Gasteiger partial charge >= 0.3 is 0 Å². The number of hydrogen-bond donors (Lipinski definition) is 1. The molecule has 1 atom stereocenters. The SMILES string of the molecule is S=P1(CCl)CSC(Nc2ccccc2)=N1. The van der Waals surface area contributed by atoms with Crippen LogP contribution >= 0.6 is 29.6 Å². The molecule has 6 heteroatoms. The largest absolute Gasteiger partial charge is 0.335 e. The zero-order valence-electron chi connectivity index (χ0n) is 7.89. The molecule has 15 heavy (non-hydrogen) atoms. The lowest BCUT2D eigenvalue weighted by molar-refractivity contribution is 1.64. The molecule has 0 fully saturated rings. The standard InChI is InChI=1S/C9H10ClN2PS2/c10-6-13(14)7-15-9(12-13)11-8-4-2-1-3-5-8/h1-5H,6-7H2,(H,11,12,14). The Hall–Kier alpha value is -0.0200. The molecule has 0 spiro atoms. The third-order valence-corrected chi connectivity index (χ3v) is 8.75. The second kappa shape index (κ2) is 4.88. The maximum Gasteiger partial charge on any atom is 0.165 e. The van der Waals surface area contributed by atoms with E-state index >= 15 is 0 Å². The number of halogens is 1. The van der Waals surface area contributed by atoms with Crippen LogP contribution in [0.25, 0.3) is 0 Å². The molecule has 1 unspecified atom stereocenters. The fourth-order valence-electron chi connectivity index (χ4n) is 1.15. The van der Waals surface area contributed by atoms with Crippen molar-refractivity contribution in [1.29, 1.82) is 0 Å². The number of thioether (sulfide) groups is 1. The lowest BCUT2D eigenvalue weighted by Gasteiger charge is -2.04. The molecule has 0 radical (unpaired) electrons. The maximum absolute atomic E-state index is 5.81. The van der Waals surface area contributed by atoms with E-state index in [9.17, 15) is 0 Å². The minimum absolute atomic E-state index is 0.495. The highest BCUT2D eigenvalue weighted by molar-refractivity contribution is 8.29. The summed E-state index contributed by atoms with van der Waals surface area (Å²) in [6, 6.07) is 9.97. The smallest absolute Gasteiger partial charge is 0.165 e. The van der Waals surface area contributed by atoms with Gasteiger partial charge in [-0.1, -0.05) is 41.8 Å². The average Bonchev–Trinajstić information content (AvgIpc) is 2.63. The topological polar surface area (TPSA) is 24.4 Å². The van der Waals surface area contributed by atoms with Gasteiger partial charge in [-0.25, -0.2) is 4.76 Å². The van der Waals surface area contributed by atoms with Crippen molar-refractivity contribution >= 4 is 52.2 Å². The number of benzene rings is 1. The molecular formula is C9H10ClN2PS2. The zero-order chi connectivity index (χ0) is 10.7. The Morgan fingerprint density at radius 2 is 2.20 bits per heavy atom. The van der Waals surface area contributed by atoms with Crippen LogP contribution in [0.15, 0.2) is 35.1 Å². The van der Waals surface area contributed by atoms with E-state index in [4.69, 9.17) is 23.4 Å². The highest BCUT2D eigenvalue weighted by Gasteiger charge is 2.23. The van der Waals surface area contributed by atoms with Crippen LogP contribution in [-0.2, 0) is 11.8 Å². The number of alkyl halides is 1. The van der Waals surface area contributed by atoms with Gasteiger partial charge in [-0.2, -0.15) is 0 Å². The van der Waals surface area contributed by atoms with Crippen molar-refractivity contribution in [2.75, 3.05) is 16.4 Å². The normalized spacial score (nSPS) is 25.0. The van der Waals surface area contributed by atoms with Crippen molar-refractivity contribution in [3.8, 4) is 0 Å². The first kappa shape index (κ1) is 11.5. The van der Waals surface area contributed by atoms with E-state index in [2.05, 4.69) is 10.1 Å². The Labute approximate surface area is 104 Å². The van der Waals surface area contributed by atoms with E-state index in [-0.39, 0.29) is 0 Å².